The molecule has 0 saturated carbocycles. The van der Waals surface area contributed by atoms with Crippen LogP contribution in [0.2, 0.25) is 0 Å². The van der Waals surface area contributed by atoms with Crippen molar-refractivity contribution in [2.75, 3.05) is 13.1 Å². The van der Waals surface area contributed by atoms with Crippen molar-refractivity contribution in [1.29, 1.82) is 0 Å². The van der Waals surface area contributed by atoms with Crippen molar-refractivity contribution in [3.05, 3.63) is 53.6 Å². The first kappa shape index (κ1) is 14.3. The van der Waals surface area contributed by atoms with E-state index in [1.807, 2.05) is 18.7 Å². The maximum absolute atomic E-state index is 6.02. The molecule has 2 N–H and O–H groups in total. The lowest BCUT2D eigenvalue weighted by molar-refractivity contribution is 0.214. The molecule has 1 aromatic heterocycles. The summed E-state index contributed by atoms with van der Waals surface area (Å²) in [5.41, 5.74) is 10.2. The van der Waals surface area contributed by atoms with Crippen molar-refractivity contribution >= 4 is 0 Å². The summed E-state index contributed by atoms with van der Waals surface area (Å²) < 4.78 is 2.14. The van der Waals surface area contributed by atoms with Gasteiger partial charge in [0.1, 0.15) is 0 Å². The molecule has 1 unspecified atom stereocenters. The molecule has 0 spiro atoms. The number of aryl methyl sites for hydroxylation is 2. The average Bonchev–Trinajstić information content (AvgIpc) is 3.10. The Bertz CT molecular complexity index is 576. The van der Waals surface area contributed by atoms with Crippen molar-refractivity contribution in [2.24, 2.45) is 5.73 Å². The maximum atomic E-state index is 6.02. The highest BCUT2D eigenvalue weighted by atomic mass is 15.2. The van der Waals surface area contributed by atoms with Gasteiger partial charge in [0.15, 0.2) is 0 Å². The number of aromatic nitrogens is 2. The minimum atomic E-state index is 0.396. The fraction of sp³-hybridized carbons (Fsp3) is 0.471. The molecule has 0 bridgehead atoms. The van der Waals surface area contributed by atoms with Gasteiger partial charge in [0.2, 0.25) is 0 Å². The number of unbranched alkanes of at least 4 members (excludes halogenated alkanes) is 1. The quantitative estimate of drug-likeness (QED) is 0.829. The summed E-state index contributed by atoms with van der Waals surface area (Å²) in [6.45, 7) is 6.07. The smallest absolute Gasteiger partial charge is 0.0945 e. The molecule has 4 nitrogen and oxygen atoms in total. The third kappa shape index (κ3) is 3.17. The normalized spacial score (nSPS) is 18.1. The predicted molar refractivity (Wildman–Crippen MR) is 84.8 cm³/mol. The van der Waals surface area contributed by atoms with Gasteiger partial charge in [0.05, 0.1) is 6.33 Å². The summed E-state index contributed by atoms with van der Waals surface area (Å²) in [5.74, 6) is 0. The Hall–Kier alpha value is -1.65. The Morgan fingerprint density at radius 2 is 2.14 bits per heavy atom. The number of hydrogen-bond acceptors (Lipinski definition) is 3. The van der Waals surface area contributed by atoms with Crippen molar-refractivity contribution in [3.63, 3.8) is 0 Å². The van der Waals surface area contributed by atoms with E-state index in [9.17, 15) is 0 Å². The number of fused-ring (bicyclic) bond motifs is 1. The van der Waals surface area contributed by atoms with Crippen LogP contribution in [0.3, 0.4) is 0 Å². The van der Waals surface area contributed by atoms with Crippen LogP contribution in [0.5, 0.6) is 0 Å². The molecule has 1 aliphatic rings. The Kier molecular flexibility index (Phi) is 4.36. The number of nitrogens with zero attached hydrogens (tertiary/aromatic N) is 3. The molecule has 3 rings (SSSR count). The summed E-state index contributed by atoms with van der Waals surface area (Å²) in [6, 6.07) is 7.17. The zero-order chi connectivity index (χ0) is 14.7. The number of nitrogens with two attached hydrogens (primary N) is 1. The Balaban J connectivity index is 1.54. The van der Waals surface area contributed by atoms with Gasteiger partial charge in [-0.1, -0.05) is 23.8 Å². The van der Waals surface area contributed by atoms with E-state index in [0.717, 1.165) is 19.6 Å². The standard InChI is InChI=1S/C17H24N4/c1-14-4-5-15-12-21(17(11-18)16(15)10-14)8-3-2-7-20-9-6-19-13-20/h4-6,9-10,13,17H,2-3,7-8,11-12,18H2,1H3. The van der Waals surface area contributed by atoms with E-state index in [2.05, 4.69) is 39.6 Å². The van der Waals surface area contributed by atoms with Gasteiger partial charge < -0.3 is 10.3 Å². The summed E-state index contributed by atoms with van der Waals surface area (Å²) in [5, 5.41) is 0. The molecule has 0 fully saturated rings. The topological polar surface area (TPSA) is 47.1 Å². The maximum Gasteiger partial charge on any atom is 0.0945 e. The van der Waals surface area contributed by atoms with E-state index in [1.54, 1.807) is 0 Å². The molecule has 0 saturated heterocycles. The second-order valence-corrected chi connectivity index (χ2v) is 5.93. The zero-order valence-corrected chi connectivity index (χ0v) is 12.7. The monoisotopic (exact) mass is 284 g/mol. The molecule has 0 aliphatic carbocycles. The van der Waals surface area contributed by atoms with Crippen LogP contribution in [0, 0.1) is 6.92 Å². The molecule has 0 radical (unpaired) electrons. The molecule has 4 heteroatoms. The van der Waals surface area contributed by atoms with Crippen LogP contribution >= 0.6 is 0 Å². The van der Waals surface area contributed by atoms with Gasteiger partial charge in [0.25, 0.3) is 0 Å². The molecular weight excluding hydrogens is 260 g/mol. The molecule has 2 aromatic rings. The van der Waals surface area contributed by atoms with Gasteiger partial charge in [-0.3, -0.25) is 4.90 Å². The average molecular weight is 284 g/mol. The second kappa shape index (κ2) is 6.41. The fourth-order valence-corrected chi connectivity index (χ4v) is 3.23. The lowest BCUT2D eigenvalue weighted by Crippen LogP contribution is -2.29. The summed E-state index contributed by atoms with van der Waals surface area (Å²) in [7, 11) is 0. The van der Waals surface area contributed by atoms with Crippen LogP contribution in [-0.4, -0.2) is 27.5 Å². The highest BCUT2D eigenvalue weighted by Gasteiger charge is 2.28. The van der Waals surface area contributed by atoms with Crippen LogP contribution in [0.15, 0.2) is 36.9 Å². The molecule has 112 valence electrons. The number of hydrogen-bond donors (Lipinski definition) is 1. The number of rotatable bonds is 6. The van der Waals surface area contributed by atoms with Crippen molar-refractivity contribution < 1.29 is 0 Å². The Labute approximate surface area is 126 Å². The molecule has 21 heavy (non-hydrogen) atoms. The molecule has 1 aromatic carbocycles. The van der Waals surface area contributed by atoms with Crippen LogP contribution in [0.4, 0.5) is 0 Å². The summed E-state index contributed by atoms with van der Waals surface area (Å²) >= 11 is 0. The molecule has 2 heterocycles. The minimum absolute atomic E-state index is 0.396. The first-order valence-electron chi connectivity index (χ1n) is 7.77. The second-order valence-electron chi connectivity index (χ2n) is 5.93. The Morgan fingerprint density at radius 1 is 1.29 bits per heavy atom. The van der Waals surface area contributed by atoms with Gasteiger partial charge in [-0.2, -0.15) is 0 Å². The molecule has 0 amide bonds. The third-order valence-corrected chi connectivity index (χ3v) is 4.37. The largest absolute Gasteiger partial charge is 0.337 e. The van der Waals surface area contributed by atoms with Gasteiger partial charge in [-0.15, -0.1) is 0 Å². The SMILES string of the molecule is Cc1ccc2c(c1)C(CN)N(CCCCn1ccnc1)C2. The van der Waals surface area contributed by atoms with Crippen molar-refractivity contribution in [1.82, 2.24) is 14.5 Å². The van der Waals surface area contributed by atoms with E-state index in [4.69, 9.17) is 5.73 Å². The van der Waals surface area contributed by atoms with Crippen LogP contribution < -0.4 is 5.73 Å². The van der Waals surface area contributed by atoms with E-state index >= 15 is 0 Å². The first-order chi connectivity index (χ1) is 10.3. The van der Waals surface area contributed by atoms with Gasteiger partial charge >= 0.3 is 0 Å². The minimum Gasteiger partial charge on any atom is -0.337 e. The summed E-state index contributed by atoms with van der Waals surface area (Å²) in [6.07, 6.45) is 8.12. The van der Waals surface area contributed by atoms with E-state index in [1.165, 1.54) is 29.5 Å². The molecular formula is C17H24N4. The van der Waals surface area contributed by atoms with E-state index in [0.29, 0.717) is 12.6 Å². The number of imidazole rings is 1. The van der Waals surface area contributed by atoms with Crippen LogP contribution in [0.25, 0.3) is 0 Å². The van der Waals surface area contributed by atoms with Crippen LogP contribution in [0.1, 0.15) is 35.6 Å². The highest BCUT2D eigenvalue weighted by Crippen LogP contribution is 2.33. The fourth-order valence-electron chi connectivity index (χ4n) is 3.23. The lowest BCUT2D eigenvalue weighted by atomic mass is 10.0. The summed E-state index contributed by atoms with van der Waals surface area (Å²) in [4.78, 5) is 6.60. The van der Waals surface area contributed by atoms with E-state index < -0.39 is 0 Å². The first-order valence-corrected chi connectivity index (χ1v) is 7.77. The van der Waals surface area contributed by atoms with Gasteiger partial charge in [-0.05, 0) is 37.4 Å². The molecule has 1 aliphatic heterocycles. The Morgan fingerprint density at radius 3 is 2.90 bits per heavy atom. The van der Waals surface area contributed by atoms with Crippen molar-refractivity contribution in [3.8, 4) is 0 Å². The number of benzene rings is 1. The van der Waals surface area contributed by atoms with Gasteiger partial charge in [-0.25, -0.2) is 4.98 Å². The zero-order valence-electron chi connectivity index (χ0n) is 12.7. The van der Waals surface area contributed by atoms with Crippen molar-refractivity contribution in [2.45, 2.75) is 38.9 Å². The highest BCUT2D eigenvalue weighted by molar-refractivity contribution is 5.37. The van der Waals surface area contributed by atoms with Gasteiger partial charge in [0, 0.05) is 38.1 Å². The van der Waals surface area contributed by atoms with E-state index in [-0.39, 0.29) is 0 Å². The predicted octanol–water partition coefficient (Wildman–Crippen LogP) is 2.49. The third-order valence-electron chi connectivity index (χ3n) is 4.37. The van der Waals surface area contributed by atoms with Crippen LogP contribution in [-0.2, 0) is 13.1 Å². The molecule has 1 atom stereocenters. The lowest BCUT2D eigenvalue weighted by Gasteiger charge is -2.23.